The molecule has 0 amide bonds. The Bertz CT molecular complexity index is 417. The van der Waals surface area contributed by atoms with Gasteiger partial charge in [-0.15, -0.1) is 12.4 Å². The second-order valence-corrected chi connectivity index (χ2v) is 4.24. The van der Waals surface area contributed by atoms with E-state index in [-0.39, 0.29) is 18.0 Å². The van der Waals surface area contributed by atoms with Crippen LogP contribution in [0.5, 0.6) is 5.75 Å². The third kappa shape index (κ3) is 3.07. The van der Waals surface area contributed by atoms with Crippen molar-refractivity contribution >= 4 is 24.1 Å². The summed E-state index contributed by atoms with van der Waals surface area (Å²) in [6.45, 7) is 2.01. The van der Waals surface area contributed by atoms with Crippen molar-refractivity contribution in [3.63, 3.8) is 0 Å². The molecule has 1 aliphatic rings. The van der Waals surface area contributed by atoms with Gasteiger partial charge in [0.15, 0.2) is 0 Å². The fraction of sp³-hybridized carbons (Fsp3) is 0.462. The van der Waals surface area contributed by atoms with E-state index in [9.17, 15) is 4.79 Å². The minimum atomic E-state index is -0.944. The average molecular weight is 272 g/mol. The Morgan fingerprint density at radius 2 is 1.94 bits per heavy atom. The van der Waals surface area contributed by atoms with E-state index in [1.54, 1.807) is 12.1 Å². The van der Waals surface area contributed by atoms with Crippen LogP contribution < -0.4 is 9.64 Å². The van der Waals surface area contributed by atoms with Crippen LogP contribution in [0.4, 0.5) is 5.69 Å². The minimum absolute atomic E-state index is 0. The molecule has 1 aliphatic heterocycles. The summed E-state index contributed by atoms with van der Waals surface area (Å²) >= 11 is 0. The van der Waals surface area contributed by atoms with Crippen molar-refractivity contribution in [3.8, 4) is 5.75 Å². The fourth-order valence-electron chi connectivity index (χ4n) is 2.21. The SMILES string of the molecule is COc1ccc(N2CCCCC2)cc1C(=O)O.Cl. The summed E-state index contributed by atoms with van der Waals surface area (Å²) in [5, 5.41) is 9.12. The van der Waals surface area contributed by atoms with E-state index in [1.807, 2.05) is 6.07 Å². The van der Waals surface area contributed by atoms with Crippen LogP contribution in [0.25, 0.3) is 0 Å². The summed E-state index contributed by atoms with van der Waals surface area (Å²) in [5.74, 6) is -0.529. The highest BCUT2D eigenvalue weighted by atomic mass is 35.5. The molecule has 1 N–H and O–H groups in total. The largest absolute Gasteiger partial charge is 0.496 e. The second kappa shape index (κ2) is 6.50. The molecule has 0 atom stereocenters. The highest BCUT2D eigenvalue weighted by Gasteiger charge is 2.16. The first kappa shape index (κ1) is 14.6. The number of aromatic carboxylic acids is 1. The van der Waals surface area contributed by atoms with Crippen molar-refractivity contribution in [3.05, 3.63) is 23.8 Å². The third-order valence-corrected chi connectivity index (χ3v) is 3.13. The summed E-state index contributed by atoms with van der Waals surface area (Å²) in [6.07, 6.45) is 3.61. The van der Waals surface area contributed by atoms with E-state index in [0.29, 0.717) is 5.75 Å². The van der Waals surface area contributed by atoms with Crippen molar-refractivity contribution < 1.29 is 14.6 Å². The molecule has 18 heavy (non-hydrogen) atoms. The minimum Gasteiger partial charge on any atom is -0.496 e. The number of ether oxygens (including phenoxy) is 1. The number of hydrogen-bond acceptors (Lipinski definition) is 3. The number of hydrogen-bond donors (Lipinski definition) is 1. The molecular formula is C13H18ClNO3. The van der Waals surface area contributed by atoms with Gasteiger partial charge in [-0.3, -0.25) is 0 Å². The van der Waals surface area contributed by atoms with Gasteiger partial charge in [-0.25, -0.2) is 4.79 Å². The van der Waals surface area contributed by atoms with E-state index in [2.05, 4.69) is 4.90 Å². The zero-order valence-corrected chi connectivity index (χ0v) is 11.2. The molecule has 1 heterocycles. The molecule has 0 bridgehead atoms. The van der Waals surface area contributed by atoms with Gasteiger partial charge in [0.05, 0.1) is 7.11 Å². The number of piperidine rings is 1. The smallest absolute Gasteiger partial charge is 0.339 e. The average Bonchev–Trinajstić information content (AvgIpc) is 2.39. The predicted octanol–water partition coefficient (Wildman–Crippen LogP) is 2.81. The Morgan fingerprint density at radius 3 is 2.50 bits per heavy atom. The molecule has 1 aromatic carbocycles. The molecule has 0 saturated carbocycles. The van der Waals surface area contributed by atoms with E-state index in [0.717, 1.165) is 18.8 Å². The number of nitrogens with zero attached hydrogens (tertiary/aromatic N) is 1. The monoisotopic (exact) mass is 271 g/mol. The normalized spacial score (nSPS) is 14.8. The van der Waals surface area contributed by atoms with Crippen LogP contribution in [0.2, 0.25) is 0 Å². The summed E-state index contributed by atoms with van der Waals surface area (Å²) < 4.78 is 5.05. The van der Waals surface area contributed by atoms with E-state index in [4.69, 9.17) is 9.84 Å². The lowest BCUT2D eigenvalue weighted by molar-refractivity contribution is 0.0693. The number of rotatable bonds is 3. The van der Waals surface area contributed by atoms with Crippen LogP contribution in [0.1, 0.15) is 29.6 Å². The molecular weight excluding hydrogens is 254 g/mol. The van der Waals surface area contributed by atoms with Crippen LogP contribution in [0, 0.1) is 0 Å². The molecule has 2 rings (SSSR count). The molecule has 0 aromatic heterocycles. The van der Waals surface area contributed by atoms with Crippen LogP contribution in [-0.4, -0.2) is 31.3 Å². The van der Waals surface area contributed by atoms with E-state index < -0.39 is 5.97 Å². The van der Waals surface area contributed by atoms with Crippen molar-refractivity contribution in [2.24, 2.45) is 0 Å². The quantitative estimate of drug-likeness (QED) is 0.918. The fourth-order valence-corrected chi connectivity index (χ4v) is 2.21. The lowest BCUT2D eigenvalue weighted by atomic mass is 10.1. The second-order valence-electron chi connectivity index (χ2n) is 4.24. The Morgan fingerprint density at radius 1 is 1.28 bits per heavy atom. The maximum absolute atomic E-state index is 11.1. The number of anilines is 1. The lowest BCUT2D eigenvalue weighted by Gasteiger charge is -2.29. The lowest BCUT2D eigenvalue weighted by Crippen LogP contribution is -2.29. The van der Waals surface area contributed by atoms with Gasteiger partial charge in [0.25, 0.3) is 0 Å². The van der Waals surface area contributed by atoms with Crippen LogP contribution in [-0.2, 0) is 0 Å². The number of halogens is 1. The topological polar surface area (TPSA) is 49.8 Å². The molecule has 0 unspecified atom stereocenters. The summed E-state index contributed by atoms with van der Waals surface area (Å²) in [5.41, 5.74) is 1.21. The van der Waals surface area contributed by atoms with Gasteiger partial charge < -0.3 is 14.7 Å². The zero-order valence-electron chi connectivity index (χ0n) is 10.4. The summed E-state index contributed by atoms with van der Waals surface area (Å²) in [4.78, 5) is 13.3. The van der Waals surface area contributed by atoms with E-state index in [1.165, 1.54) is 26.4 Å². The number of carboxylic acids is 1. The van der Waals surface area contributed by atoms with Gasteiger partial charge in [-0.05, 0) is 37.5 Å². The van der Waals surface area contributed by atoms with Gasteiger partial charge in [0, 0.05) is 18.8 Å². The first-order valence-electron chi connectivity index (χ1n) is 5.88. The summed E-state index contributed by atoms with van der Waals surface area (Å²) in [7, 11) is 1.49. The van der Waals surface area contributed by atoms with Crippen LogP contribution in [0.15, 0.2) is 18.2 Å². The molecule has 1 fully saturated rings. The van der Waals surface area contributed by atoms with Gasteiger partial charge in [0.1, 0.15) is 11.3 Å². The summed E-state index contributed by atoms with van der Waals surface area (Å²) in [6, 6.07) is 5.36. The highest BCUT2D eigenvalue weighted by molar-refractivity contribution is 5.92. The standard InChI is InChI=1S/C13H17NO3.ClH/c1-17-12-6-5-10(9-11(12)13(15)16)14-7-3-2-4-8-14;/h5-6,9H,2-4,7-8H2,1H3,(H,15,16);1H. The van der Waals surface area contributed by atoms with Crippen molar-refractivity contribution in [2.45, 2.75) is 19.3 Å². The molecule has 5 heteroatoms. The maximum atomic E-state index is 11.1. The Labute approximate surface area is 113 Å². The molecule has 0 aliphatic carbocycles. The van der Waals surface area contributed by atoms with Crippen molar-refractivity contribution in [1.82, 2.24) is 0 Å². The van der Waals surface area contributed by atoms with Crippen molar-refractivity contribution in [1.29, 1.82) is 0 Å². The molecule has 0 radical (unpaired) electrons. The molecule has 0 spiro atoms. The number of carboxylic acid groups (broad SMARTS) is 1. The van der Waals surface area contributed by atoms with Crippen LogP contribution in [0.3, 0.4) is 0 Å². The predicted molar refractivity (Wildman–Crippen MR) is 73.3 cm³/mol. The van der Waals surface area contributed by atoms with Gasteiger partial charge in [-0.2, -0.15) is 0 Å². The van der Waals surface area contributed by atoms with Gasteiger partial charge in [0.2, 0.25) is 0 Å². The molecule has 1 aromatic rings. The third-order valence-electron chi connectivity index (χ3n) is 3.13. The van der Waals surface area contributed by atoms with E-state index >= 15 is 0 Å². The molecule has 4 nitrogen and oxygen atoms in total. The Balaban J connectivity index is 0.00000162. The maximum Gasteiger partial charge on any atom is 0.339 e. The van der Waals surface area contributed by atoms with Gasteiger partial charge >= 0.3 is 5.97 Å². The Hall–Kier alpha value is -1.42. The Kier molecular flexibility index (Phi) is 5.28. The number of carbonyl (C=O) groups is 1. The van der Waals surface area contributed by atoms with Crippen LogP contribution >= 0.6 is 12.4 Å². The first-order valence-corrected chi connectivity index (χ1v) is 5.88. The van der Waals surface area contributed by atoms with Crippen molar-refractivity contribution in [2.75, 3.05) is 25.1 Å². The molecule has 1 saturated heterocycles. The first-order chi connectivity index (χ1) is 8.22. The number of methoxy groups -OCH3 is 1. The number of benzene rings is 1. The zero-order chi connectivity index (χ0) is 12.3. The van der Waals surface area contributed by atoms with Gasteiger partial charge in [-0.1, -0.05) is 0 Å². The molecule has 100 valence electrons. The highest BCUT2D eigenvalue weighted by Crippen LogP contribution is 2.26.